The highest BCUT2D eigenvalue weighted by Gasteiger charge is 2.26. The molecule has 0 aliphatic carbocycles. The lowest BCUT2D eigenvalue weighted by atomic mass is 10.0. The van der Waals surface area contributed by atoms with Gasteiger partial charge in [0, 0.05) is 19.4 Å². The predicted octanol–water partition coefficient (Wildman–Crippen LogP) is 22.2. The van der Waals surface area contributed by atoms with Crippen molar-refractivity contribution < 1.29 is 37.6 Å². The lowest BCUT2D eigenvalue weighted by Crippen LogP contribution is -2.29. The number of phosphoric acid groups is 1. The monoisotopic (exact) mass is 1110 g/mol. The van der Waals surface area contributed by atoms with Crippen LogP contribution in [0.3, 0.4) is 0 Å². The fraction of sp³-hybridized carbons (Fsp3) is 0.970. The SMILES string of the molecule is CCCCCCCCCCCCCCCCCCCCCCCCCCCCCCCCCC(=O)OC(COC(=O)CCCCCCCCCCCCCCCCCCCCCCCCCCC)COP(=O)(O)OCCN. The molecule has 0 aliphatic heterocycles. The van der Waals surface area contributed by atoms with Gasteiger partial charge in [0.05, 0.1) is 13.2 Å². The predicted molar refractivity (Wildman–Crippen MR) is 331 cm³/mol. The van der Waals surface area contributed by atoms with E-state index in [4.69, 9.17) is 24.3 Å². The topological polar surface area (TPSA) is 134 Å². The normalized spacial score (nSPS) is 12.8. The fourth-order valence-corrected chi connectivity index (χ4v) is 11.6. The third-order valence-corrected chi connectivity index (χ3v) is 17.0. The molecule has 2 unspecified atom stereocenters. The second-order valence-corrected chi connectivity index (χ2v) is 25.2. The van der Waals surface area contributed by atoms with E-state index >= 15 is 0 Å². The molecular formula is C67H134NO8P. The van der Waals surface area contributed by atoms with Gasteiger partial charge in [0.15, 0.2) is 6.10 Å². The van der Waals surface area contributed by atoms with Gasteiger partial charge in [-0.1, -0.05) is 361 Å². The summed E-state index contributed by atoms with van der Waals surface area (Å²) in [5, 5.41) is 0. The number of ether oxygens (including phenoxy) is 2. The molecule has 2 atom stereocenters. The zero-order chi connectivity index (χ0) is 55.9. The third-order valence-electron chi connectivity index (χ3n) is 16.0. The average Bonchev–Trinajstić information content (AvgIpc) is 3.42. The van der Waals surface area contributed by atoms with Crippen LogP contribution >= 0.6 is 7.82 Å². The van der Waals surface area contributed by atoms with Crippen molar-refractivity contribution in [3.05, 3.63) is 0 Å². The molecule has 0 bridgehead atoms. The van der Waals surface area contributed by atoms with Crippen LogP contribution in [-0.2, 0) is 32.7 Å². The van der Waals surface area contributed by atoms with Crippen molar-refractivity contribution in [2.75, 3.05) is 26.4 Å². The van der Waals surface area contributed by atoms with Crippen molar-refractivity contribution in [3.63, 3.8) is 0 Å². The first-order chi connectivity index (χ1) is 37.8. The van der Waals surface area contributed by atoms with E-state index in [1.165, 1.54) is 321 Å². The molecule has 0 spiro atoms. The fourth-order valence-electron chi connectivity index (χ4n) is 10.9. The highest BCUT2D eigenvalue weighted by molar-refractivity contribution is 7.47. The summed E-state index contributed by atoms with van der Waals surface area (Å²) < 4.78 is 33.2. The maximum Gasteiger partial charge on any atom is 0.472 e. The summed E-state index contributed by atoms with van der Waals surface area (Å²) in [7, 11) is -4.38. The Morgan fingerprint density at radius 2 is 0.558 bits per heavy atom. The Balaban J connectivity index is 3.80. The maximum absolute atomic E-state index is 12.8. The van der Waals surface area contributed by atoms with Gasteiger partial charge in [0.25, 0.3) is 0 Å². The van der Waals surface area contributed by atoms with Gasteiger partial charge < -0.3 is 20.1 Å². The highest BCUT2D eigenvalue weighted by atomic mass is 31.2. The number of hydrogen-bond acceptors (Lipinski definition) is 8. The number of carbonyl (C=O) groups is 2. The minimum Gasteiger partial charge on any atom is -0.462 e. The Morgan fingerprint density at radius 3 is 0.792 bits per heavy atom. The van der Waals surface area contributed by atoms with Crippen molar-refractivity contribution in [1.29, 1.82) is 0 Å². The Labute approximate surface area is 479 Å². The Morgan fingerprint density at radius 1 is 0.338 bits per heavy atom. The molecule has 77 heavy (non-hydrogen) atoms. The lowest BCUT2D eigenvalue weighted by Gasteiger charge is -2.19. The van der Waals surface area contributed by atoms with Gasteiger partial charge in [0.1, 0.15) is 6.61 Å². The number of esters is 2. The van der Waals surface area contributed by atoms with Crippen LogP contribution in [0.15, 0.2) is 0 Å². The highest BCUT2D eigenvalue weighted by Crippen LogP contribution is 2.43. The van der Waals surface area contributed by atoms with E-state index in [-0.39, 0.29) is 32.1 Å². The van der Waals surface area contributed by atoms with Gasteiger partial charge in [-0.25, -0.2) is 4.57 Å². The molecule has 0 rings (SSSR count). The van der Waals surface area contributed by atoms with E-state index in [1.54, 1.807) is 0 Å². The van der Waals surface area contributed by atoms with Gasteiger partial charge in [-0.05, 0) is 12.8 Å². The molecule has 460 valence electrons. The molecule has 0 saturated heterocycles. The summed E-state index contributed by atoms with van der Waals surface area (Å²) in [4.78, 5) is 35.3. The molecule has 0 aromatic rings. The summed E-state index contributed by atoms with van der Waals surface area (Å²) in [5.74, 6) is -0.797. The Hall–Kier alpha value is -0.990. The maximum atomic E-state index is 12.8. The van der Waals surface area contributed by atoms with Crippen LogP contribution in [0.25, 0.3) is 0 Å². The summed E-state index contributed by atoms with van der Waals surface area (Å²) in [6.07, 6.45) is 74.9. The number of unbranched alkanes of at least 4 members (excludes halogenated alkanes) is 54. The molecule has 0 aromatic heterocycles. The number of nitrogens with two attached hydrogens (primary N) is 1. The zero-order valence-corrected chi connectivity index (χ0v) is 52.6. The zero-order valence-electron chi connectivity index (χ0n) is 51.7. The standard InChI is InChI=1S/C67H134NO8P/c1-3-5-7-9-11-13-15-17-19-21-23-25-27-29-30-31-32-33-34-36-38-40-42-44-46-48-50-52-54-56-58-60-67(70)76-65(64-75-77(71,72)74-62-61-68)63-73-66(69)59-57-55-53-51-49-47-45-43-41-39-37-35-28-26-24-22-20-18-16-14-12-10-8-6-4-2/h65H,3-64,68H2,1-2H3,(H,71,72). The Bertz CT molecular complexity index is 1220. The van der Waals surface area contributed by atoms with Crippen LogP contribution in [0, 0.1) is 0 Å². The second-order valence-electron chi connectivity index (χ2n) is 23.8. The van der Waals surface area contributed by atoms with E-state index in [0.29, 0.717) is 12.8 Å². The molecule has 3 N–H and O–H groups in total. The molecule has 0 heterocycles. The largest absolute Gasteiger partial charge is 0.472 e. The Kier molecular flexibility index (Phi) is 63.4. The van der Waals surface area contributed by atoms with E-state index < -0.39 is 26.5 Å². The van der Waals surface area contributed by atoms with Crippen molar-refractivity contribution in [3.8, 4) is 0 Å². The van der Waals surface area contributed by atoms with E-state index in [2.05, 4.69) is 13.8 Å². The molecule has 9 nitrogen and oxygen atoms in total. The molecule has 10 heteroatoms. The van der Waals surface area contributed by atoms with Crippen molar-refractivity contribution in [2.24, 2.45) is 5.73 Å². The quantitative estimate of drug-likeness (QED) is 0.0347. The summed E-state index contributed by atoms with van der Waals surface area (Å²) >= 11 is 0. The third kappa shape index (κ3) is 64.1. The van der Waals surface area contributed by atoms with Crippen LogP contribution in [0.4, 0.5) is 0 Å². The molecular weight excluding hydrogens is 978 g/mol. The van der Waals surface area contributed by atoms with E-state index in [0.717, 1.165) is 32.1 Å². The van der Waals surface area contributed by atoms with Crippen LogP contribution in [0.1, 0.15) is 386 Å². The van der Waals surface area contributed by atoms with Gasteiger partial charge >= 0.3 is 19.8 Å². The number of phosphoric ester groups is 1. The van der Waals surface area contributed by atoms with Crippen molar-refractivity contribution in [2.45, 2.75) is 392 Å². The molecule has 0 aliphatic rings. The first-order valence-corrected chi connectivity index (χ1v) is 36.0. The minimum atomic E-state index is -4.38. The van der Waals surface area contributed by atoms with Crippen LogP contribution in [0.5, 0.6) is 0 Å². The number of hydrogen-bond donors (Lipinski definition) is 2. The molecule has 0 saturated carbocycles. The average molecular weight is 1110 g/mol. The smallest absolute Gasteiger partial charge is 0.462 e. The van der Waals surface area contributed by atoms with Gasteiger partial charge in [-0.3, -0.25) is 18.6 Å². The molecule has 0 aromatic carbocycles. The van der Waals surface area contributed by atoms with Crippen LogP contribution < -0.4 is 5.73 Å². The van der Waals surface area contributed by atoms with Crippen LogP contribution in [0.2, 0.25) is 0 Å². The molecule has 0 radical (unpaired) electrons. The van der Waals surface area contributed by atoms with E-state index in [1.807, 2.05) is 0 Å². The second kappa shape index (κ2) is 64.2. The molecule has 0 amide bonds. The summed E-state index contributed by atoms with van der Waals surface area (Å²) in [6, 6.07) is 0. The number of rotatable bonds is 67. The number of carbonyl (C=O) groups excluding carboxylic acids is 2. The first-order valence-electron chi connectivity index (χ1n) is 34.5. The molecule has 0 fully saturated rings. The van der Waals surface area contributed by atoms with Crippen molar-refractivity contribution >= 4 is 19.8 Å². The van der Waals surface area contributed by atoms with Crippen molar-refractivity contribution in [1.82, 2.24) is 0 Å². The van der Waals surface area contributed by atoms with E-state index in [9.17, 15) is 19.0 Å². The lowest BCUT2D eigenvalue weighted by molar-refractivity contribution is -0.161. The van der Waals surface area contributed by atoms with Crippen LogP contribution in [-0.4, -0.2) is 49.3 Å². The summed E-state index contributed by atoms with van der Waals surface area (Å²) in [6.45, 7) is 3.85. The van der Waals surface area contributed by atoms with Gasteiger partial charge in [-0.15, -0.1) is 0 Å². The first kappa shape index (κ1) is 76.0. The van der Waals surface area contributed by atoms with Gasteiger partial charge in [-0.2, -0.15) is 0 Å². The van der Waals surface area contributed by atoms with Gasteiger partial charge in [0.2, 0.25) is 0 Å². The minimum absolute atomic E-state index is 0.0588. The summed E-state index contributed by atoms with van der Waals surface area (Å²) in [5.41, 5.74) is 5.40.